The van der Waals surface area contributed by atoms with E-state index in [2.05, 4.69) is 27.5 Å². The van der Waals surface area contributed by atoms with Crippen LogP contribution in [0.5, 0.6) is 0 Å². The summed E-state index contributed by atoms with van der Waals surface area (Å²) in [7, 11) is 0. The fourth-order valence-corrected chi connectivity index (χ4v) is 7.75. The molecule has 5 rings (SSSR count). The molecule has 6 atom stereocenters. The fraction of sp³-hybridized carbons (Fsp3) is 0.485. The fourth-order valence-electron chi connectivity index (χ4n) is 6.84. The number of H-pyrrole nitrogens is 1. The molecule has 1 amide bonds. The minimum Gasteiger partial charge on any atom is -0.495 e. The molecule has 0 aromatic carbocycles. The normalized spacial score (nSPS) is 29.8. The van der Waals surface area contributed by atoms with Gasteiger partial charge in [-0.05, 0) is 67.5 Å². The molecule has 236 valence electrons. The van der Waals surface area contributed by atoms with Gasteiger partial charge in [0, 0.05) is 82.0 Å². The van der Waals surface area contributed by atoms with Gasteiger partial charge in [0.2, 0.25) is 5.91 Å². The number of aromatic amines is 1. The highest BCUT2D eigenvalue weighted by Gasteiger charge is 2.45. The Morgan fingerprint density at radius 3 is 2.32 bits per heavy atom. The lowest BCUT2D eigenvalue weighted by atomic mass is 9.90. The van der Waals surface area contributed by atoms with E-state index in [0.717, 1.165) is 56.4 Å². The molecule has 2 unspecified atom stereocenters. The van der Waals surface area contributed by atoms with Gasteiger partial charge in [-0.1, -0.05) is 26.5 Å². The Hall–Kier alpha value is -3.86. The maximum atomic E-state index is 12.6. The molecule has 0 saturated carbocycles. The van der Waals surface area contributed by atoms with Crippen LogP contribution in [0.2, 0.25) is 0 Å². The van der Waals surface area contributed by atoms with Gasteiger partial charge < -0.3 is 36.3 Å². The quantitative estimate of drug-likeness (QED) is 0.165. The number of hydrogen-bond acceptors (Lipinski definition) is 7. The Labute approximate surface area is 261 Å². The van der Waals surface area contributed by atoms with Crippen LogP contribution in [0.3, 0.4) is 0 Å². The van der Waals surface area contributed by atoms with Gasteiger partial charge in [0.05, 0.1) is 0 Å². The second-order valence-electron chi connectivity index (χ2n) is 12.3. The van der Waals surface area contributed by atoms with Crippen LogP contribution >= 0.6 is 11.8 Å². The summed E-state index contributed by atoms with van der Waals surface area (Å²) in [5, 5.41) is 39.6. The molecule has 0 bridgehead atoms. The highest BCUT2D eigenvalue weighted by atomic mass is 32.2. The number of carboxylic acids is 2. The molecule has 10 nitrogen and oxygen atoms in total. The number of allylic oxidation sites excluding steroid dienone is 3. The first-order valence-electron chi connectivity index (χ1n) is 15.2. The first kappa shape index (κ1) is 31.6. The summed E-state index contributed by atoms with van der Waals surface area (Å²) in [6, 6.07) is -0.122. The maximum Gasteiger partial charge on any atom is 0.303 e. The van der Waals surface area contributed by atoms with Crippen molar-refractivity contribution in [2.24, 2.45) is 17.8 Å². The highest BCUT2D eigenvalue weighted by Crippen LogP contribution is 2.46. The van der Waals surface area contributed by atoms with E-state index in [9.17, 15) is 29.7 Å². The summed E-state index contributed by atoms with van der Waals surface area (Å²) in [4.78, 5) is 39.2. The van der Waals surface area contributed by atoms with Crippen LogP contribution in [0.4, 0.5) is 0 Å². The molecule has 11 heteroatoms. The van der Waals surface area contributed by atoms with Crippen LogP contribution in [0.25, 0.3) is 12.2 Å². The Morgan fingerprint density at radius 1 is 1.02 bits per heavy atom. The summed E-state index contributed by atoms with van der Waals surface area (Å²) >= 11 is 1.85. The average molecular weight is 623 g/mol. The van der Waals surface area contributed by atoms with Crippen molar-refractivity contribution in [1.82, 2.24) is 20.9 Å². The van der Waals surface area contributed by atoms with Gasteiger partial charge in [-0.3, -0.25) is 14.4 Å². The van der Waals surface area contributed by atoms with Gasteiger partial charge in [0.15, 0.2) is 5.88 Å². The third kappa shape index (κ3) is 6.33. The van der Waals surface area contributed by atoms with Crippen LogP contribution in [-0.4, -0.2) is 61.2 Å². The first-order valence-corrected chi connectivity index (χ1v) is 16.2. The van der Waals surface area contributed by atoms with Crippen molar-refractivity contribution in [3.05, 3.63) is 69.2 Å². The number of aliphatic carboxylic acids is 2. The van der Waals surface area contributed by atoms with Crippen molar-refractivity contribution < 1.29 is 29.7 Å². The summed E-state index contributed by atoms with van der Waals surface area (Å²) < 4.78 is 0. The zero-order valence-corrected chi connectivity index (χ0v) is 26.4. The Bertz CT molecular complexity index is 1510. The third-order valence-corrected chi connectivity index (χ3v) is 10.6. The second kappa shape index (κ2) is 12.6. The van der Waals surface area contributed by atoms with E-state index in [1.807, 2.05) is 51.6 Å². The van der Waals surface area contributed by atoms with Gasteiger partial charge in [-0.25, -0.2) is 0 Å². The van der Waals surface area contributed by atoms with Gasteiger partial charge in [0.25, 0.3) is 0 Å². The predicted octanol–water partition coefficient (Wildman–Crippen LogP) is 4.63. The summed E-state index contributed by atoms with van der Waals surface area (Å²) in [6.07, 6.45) is 6.89. The van der Waals surface area contributed by atoms with Crippen molar-refractivity contribution in [2.75, 3.05) is 5.75 Å². The maximum absolute atomic E-state index is 12.6. The minimum atomic E-state index is -0.891. The second-order valence-corrected chi connectivity index (χ2v) is 13.6. The van der Waals surface area contributed by atoms with Gasteiger partial charge in [-0.2, -0.15) is 11.8 Å². The topological polar surface area (TPSA) is 164 Å². The number of aliphatic hydroxyl groups is 1. The molecule has 5 heterocycles. The highest BCUT2D eigenvalue weighted by molar-refractivity contribution is 8.06. The largest absolute Gasteiger partial charge is 0.495 e. The number of carbonyl (C=O) groups is 3. The average Bonchev–Trinajstić information content (AvgIpc) is 3.53. The number of thioether (sulfide) groups is 1. The molecule has 1 aromatic rings. The molecule has 4 aliphatic rings. The van der Waals surface area contributed by atoms with Crippen molar-refractivity contribution in [3.8, 4) is 0 Å². The summed E-state index contributed by atoms with van der Waals surface area (Å²) in [5.74, 6) is -0.517. The number of carboxylic acid groups (broad SMARTS) is 2. The molecule has 0 spiro atoms. The standard InChI is InChI=1S/C33H42N4O6S/c1-6-19-15(2)24(36-33(19)43)11-22-16(3)20(7-9-29(38)39)25(34-22)13-26-21(8-10-30(40)41)17(4)23(35-26)12-27-31(28-14-44-28)18(5)32(42)37-27/h6,12-13,15,18,22,24,28,31,34-36,43H,1,7-11,14H2,2-5H3,(H,37,42)(H,38,39)(H,40,41)/b25-13-,27-12-/t15?,18-,22?,24-,28-,31-/m1/s1. The molecule has 44 heavy (non-hydrogen) atoms. The zero-order chi connectivity index (χ0) is 31.9. The number of hydrogen-bond donors (Lipinski definition) is 7. The number of aromatic nitrogens is 1. The van der Waals surface area contributed by atoms with E-state index in [0.29, 0.717) is 24.5 Å². The lowest BCUT2D eigenvalue weighted by Gasteiger charge is -2.23. The molecular weight excluding hydrogens is 580 g/mol. The minimum absolute atomic E-state index is 0.0195. The van der Waals surface area contributed by atoms with Crippen LogP contribution in [-0.2, 0) is 20.8 Å². The van der Waals surface area contributed by atoms with Crippen molar-refractivity contribution in [2.45, 2.75) is 77.1 Å². The lowest BCUT2D eigenvalue weighted by Crippen LogP contribution is -2.36. The van der Waals surface area contributed by atoms with Crippen molar-refractivity contribution >= 4 is 41.8 Å². The third-order valence-electron chi connectivity index (χ3n) is 9.61. The Morgan fingerprint density at radius 2 is 1.70 bits per heavy atom. The molecule has 0 aliphatic carbocycles. The van der Waals surface area contributed by atoms with Crippen LogP contribution in [0, 0.1) is 24.7 Å². The summed E-state index contributed by atoms with van der Waals surface area (Å²) in [5.41, 5.74) is 7.80. The van der Waals surface area contributed by atoms with Crippen molar-refractivity contribution in [3.63, 3.8) is 0 Å². The Kier molecular flexibility index (Phi) is 9.06. The van der Waals surface area contributed by atoms with E-state index in [1.165, 1.54) is 0 Å². The monoisotopic (exact) mass is 622 g/mol. The van der Waals surface area contributed by atoms with E-state index in [1.54, 1.807) is 6.08 Å². The number of aliphatic hydroxyl groups excluding tert-OH is 1. The lowest BCUT2D eigenvalue weighted by molar-refractivity contribution is -0.138. The molecule has 0 radical (unpaired) electrons. The van der Waals surface area contributed by atoms with E-state index in [-0.39, 0.29) is 54.5 Å². The number of amides is 1. The smallest absolute Gasteiger partial charge is 0.303 e. The first-order chi connectivity index (χ1) is 20.9. The van der Waals surface area contributed by atoms with Gasteiger partial charge >= 0.3 is 11.9 Å². The number of rotatable bonds is 12. The predicted molar refractivity (Wildman–Crippen MR) is 172 cm³/mol. The zero-order valence-electron chi connectivity index (χ0n) is 25.6. The molecule has 1 aromatic heterocycles. The summed E-state index contributed by atoms with van der Waals surface area (Å²) in [6.45, 7) is 11.8. The SMILES string of the molecule is C=CC1=C(O)N[C@H](CC2N/C(=C\c3[nH]c(/C=C4\NC(=O)[C@H](C)[C@H]4[C@H]4CS4)c(C)c3CCC(=O)O)C(CCC(=O)O)=C2C)C1C. The van der Waals surface area contributed by atoms with Crippen LogP contribution in [0.1, 0.15) is 69.0 Å². The van der Waals surface area contributed by atoms with Crippen LogP contribution < -0.4 is 16.0 Å². The van der Waals surface area contributed by atoms with Gasteiger partial charge in [0.1, 0.15) is 0 Å². The number of nitrogens with one attached hydrogen (secondary N) is 4. The van der Waals surface area contributed by atoms with Gasteiger partial charge in [-0.15, -0.1) is 0 Å². The molecular formula is C33H42N4O6S. The Balaban J connectivity index is 1.49. The molecule has 7 N–H and O–H groups in total. The van der Waals surface area contributed by atoms with Crippen LogP contribution in [0.15, 0.2) is 46.7 Å². The number of carbonyl (C=O) groups excluding carboxylic acids is 1. The molecule has 2 fully saturated rings. The van der Waals surface area contributed by atoms with E-state index >= 15 is 0 Å². The molecule has 4 aliphatic heterocycles. The van der Waals surface area contributed by atoms with E-state index < -0.39 is 11.9 Å². The van der Waals surface area contributed by atoms with E-state index in [4.69, 9.17) is 0 Å². The molecule has 2 saturated heterocycles. The van der Waals surface area contributed by atoms with Crippen molar-refractivity contribution in [1.29, 1.82) is 0 Å².